The normalized spacial score (nSPS) is 11.0. The van der Waals surface area contributed by atoms with Crippen LogP contribution in [0.1, 0.15) is 11.5 Å². The van der Waals surface area contributed by atoms with E-state index in [0.717, 1.165) is 39.2 Å². The van der Waals surface area contributed by atoms with Gasteiger partial charge in [-0.1, -0.05) is 6.07 Å². The first-order valence-corrected chi connectivity index (χ1v) is 7.90. The summed E-state index contributed by atoms with van der Waals surface area (Å²) in [7, 11) is 3.88. The zero-order valence-electron chi connectivity index (χ0n) is 14.2. The Labute approximate surface area is 145 Å². The highest BCUT2D eigenvalue weighted by molar-refractivity contribution is 5.87. The molecule has 25 heavy (non-hydrogen) atoms. The zero-order valence-corrected chi connectivity index (χ0v) is 14.2. The Morgan fingerprint density at radius 3 is 2.60 bits per heavy atom. The lowest BCUT2D eigenvalue weighted by Crippen LogP contribution is -1.93. The molecule has 3 heterocycles. The average molecular weight is 328 g/mol. The summed E-state index contributed by atoms with van der Waals surface area (Å²) in [5, 5.41) is 13.5. The molecule has 0 saturated carbocycles. The Morgan fingerprint density at radius 1 is 1.04 bits per heavy atom. The molecule has 0 atom stereocenters. The van der Waals surface area contributed by atoms with E-state index in [0.29, 0.717) is 5.69 Å². The molecule has 3 aromatic heterocycles. The molecule has 0 spiro atoms. The van der Waals surface area contributed by atoms with E-state index in [1.165, 1.54) is 0 Å². The molecular formula is C19H16N6. The molecule has 4 rings (SSSR count). The molecule has 1 aromatic carbocycles. The van der Waals surface area contributed by atoms with Gasteiger partial charge < -0.3 is 4.57 Å². The summed E-state index contributed by atoms with van der Waals surface area (Å²) in [6.45, 7) is 1.98. The summed E-state index contributed by atoms with van der Waals surface area (Å²) in [5.74, 6) is 0.957. The van der Waals surface area contributed by atoms with Gasteiger partial charge in [0.25, 0.3) is 0 Å². The van der Waals surface area contributed by atoms with Crippen molar-refractivity contribution < 1.29 is 0 Å². The maximum absolute atomic E-state index is 9.24. The Morgan fingerprint density at radius 2 is 1.88 bits per heavy atom. The number of aromatic nitrogens is 5. The summed E-state index contributed by atoms with van der Waals surface area (Å²) in [4.78, 5) is 9.15. The van der Waals surface area contributed by atoms with Crippen molar-refractivity contribution in [1.29, 1.82) is 5.26 Å². The molecule has 0 fully saturated rings. The van der Waals surface area contributed by atoms with Crippen LogP contribution in [0.2, 0.25) is 0 Å². The number of rotatable bonds is 2. The van der Waals surface area contributed by atoms with Gasteiger partial charge in [0, 0.05) is 37.0 Å². The Bertz CT molecular complexity index is 1140. The summed E-state index contributed by atoms with van der Waals surface area (Å²) >= 11 is 0. The molecule has 0 aliphatic heterocycles. The van der Waals surface area contributed by atoms with Crippen molar-refractivity contribution in [2.75, 3.05) is 0 Å². The minimum atomic E-state index is 0.389. The number of imidazole rings is 1. The van der Waals surface area contributed by atoms with Crippen molar-refractivity contribution in [3.05, 3.63) is 54.2 Å². The highest BCUT2D eigenvalue weighted by Gasteiger charge is 2.14. The van der Waals surface area contributed by atoms with Crippen LogP contribution in [-0.4, -0.2) is 24.3 Å². The predicted octanol–water partition coefficient (Wildman–Crippen LogP) is 3.22. The van der Waals surface area contributed by atoms with Crippen molar-refractivity contribution >= 4 is 11.0 Å². The fraction of sp³-hybridized carbons (Fsp3) is 0.158. The fourth-order valence-electron chi connectivity index (χ4n) is 3.00. The van der Waals surface area contributed by atoms with Gasteiger partial charge >= 0.3 is 0 Å². The maximum atomic E-state index is 9.24. The lowest BCUT2D eigenvalue weighted by Gasteiger charge is -2.08. The van der Waals surface area contributed by atoms with Gasteiger partial charge in [-0.15, -0.1) is 0 Å². The maximum Gasteiger partial charge on any atom is 0.141 e. The fourth-order valence-corrected chi connectivity index (χ4v) is 3.00. The molecule has 0 amide bonds. The van der Waals surface area contributed by atoms with E-state index in [1.807, 2.05) is 51.5 Å². The van der Waals surface area contributed by atoms with Gasteiger partial charge in [-0.3, -0.25) is 4.68 Å². The smallest absolute Gasteiger partial charge is 0.141 e. The number of nitriles is 1. The molecule has 0 unspecified atom stereocenters. The molecular weight excluding hydrogens is 312 g/mol. The standard InChI is InChI=1S/C19H16N6/c1-12-22-17-8-13(4-7-18(17)25(12)3)19-16(6-5-15(9-20)23-19)14-10-21-24(2)11-14/h4-8,10-11H,1-3H3. The van der Waals surface area contributed by atoms with Crippen LogP contribution in [0.3, 0.4) is 0 Å². The largest absolute Gasteiger partial charge is 0.331 e. The minimum Gasteiger partial charge on any atom is -0.331 e. The summed E-state index contributed by atoms with van der Waals surface area (Å²) in [6.07, 6.45) is 3.74. The molecule has 0 aliphatic rings. The quantitative estimate of drug-likeness (QED) is 0.566. The van der Waals surface area contributed by atoms with Gasteiger partial charge in [0.1, 0.15) is 17.6 Å². The first-order chi connectivity index (χ1) is 12.1. The molecule has 122 valence electrons. The van der Waals surface area contributed by atoms with Gasteiger partial charge in [0.05, 0.1) is 22.9 Å². The third-order valence-corrected chi connectivity index (χ3v) is 4.40. The minimum absolute atomic E-state index is 0.389. The predicted molar refractivity (Wildman–Crippen MR) is 95.6 cm³/mol. The molecule has 0 aliphatic carbocycles. The van der Waals surface area contributed by atoms with Crippen LogP contribution < -0.4 is 0 Å². The van der Waals surface area contributed by atoms with Crippen LogP contribution in [0.5, 0.6) is 0 Å². The van der Waals surface area contributed by atoms with Crippen molar-refractivity contribution in [1.82, 2.24) is 24.3 Å². The van der Waals surface area contributed by atoms with Gasteiger partial charge in [-0.2, -0.15) is 10.4 Å². The topological polar surface area (TPSA) is 72.3 Å². The average Bonchev–Trinajstić information content (AvgIpc) is 3.17. The van der Waals surface area contributed by atoms with E-state index in [1.54, 1.807) is 16.9 Å². The van der Waals surface area contributed by atoms with E-state index in [9.17, 15) is 5.26 Å². The van der Waals surface area contributed by atoms with Gasteiger partial charge in [0.15, 0.2) is 0 Å². The second-order valence-corrected chi connectivity index (χ2v) is 6.03. The van der Waals surface area contributed by atoms with E-state index in [4.69, 9.17) is 0 Å². The zero-order chi connectivity index (χ0) is 17.6. The monoisotopic (exact) mass is 328 g/mol. The van der Waals surface area contributed by atoms with Crippen LogP contribution in [0.4, 0.5) is 0 Å². The third-order valence-electron chi connectivity index (χ3n) is 4.40. The highest BCUT2D eigenvalue weighted by Crippen LogP contribution is 2.32. The number of benzene rings is 1. The lowest BCUT2D eigenvalue weighted by atomic mass is 10.0. The van der Waals surface area contributed by atoms with Crippen LogP contribution in [0, 0.1) is 18.3 Å². The number of hydrogen-bond acceptors (Lipinski definition) is 4. The van der Waals surface area contributed by atoms with E-state index >= 15 is 0 Å². The summed E-state index contributed by atoms with van der Waals surface area (Å²) in [5.41, 5.74) is 5.98. The number of aryl methyl sites for hydroxylation is 3. The van der Waals surface area contributed by atoms with Gasteiger partial charge in [-0.25, -0.2) is 9.97 Å². The van der Waals surface area contributed by atoms with E-state index in [2.05, 4.69) is 25.7 Å². The van der Waals surface area contributed by atoms with Gasteiger partial charge in [0.2, 0.25) is 0 Å². The highest BCUT2D eigenvalue weighted by atomic mass is 15.2. The molecule has 0 radical (unpaired) electrons. The van der Waals surface area contributed by atoms with Crippen LogP contribution in [0.15, 0.2) is 42.7 Å². The van der Waals surface area contributed by atoms with Crippen molar-refractivity contribution in [2.24, 2.45) is 14.1 Å². The molecule has 0 N–H and O–H groups in total. The molecule has 0 bridgehead atoms. The van der Waals surface area contributed by atoms with Crippen molar-refractivity contribution in [2.45, 2.75) is 6.92 Å². The Hall–Kier alpha value is -3.46. The summed E-state index contributed by atoms with van der Waals surface area (Å²) < 4.78 is 3.81. The number of nitrogens with zero attached hydrogens (tertiary/aromatic N) is 6. The number of pyridine rings is 1. The molecule has 6 heteroatoms. The molecule has 4 aromatic rings. The lowest BCUT2D eigenvalue weighted by molar-refractivity contribution is 0.768. The molecule has 6 nitrogen and oxygen atoms in total. The van der Waals surface area contributed by atoms with Crippen LogP contribution >= 0.6 is 0 Å². The first-order valence-electron chi connectivity index (χ1n) is 7.90. The van der Waals surface area contributed by atoms with Gasteiger partial charge in [-0.05, 0) is 31.2 Å². The van der Waals surface area contributed by atoms with E-state index in [-0.39, 0.29) is 0 Å². The third kappa shape index (κ3) is 2.46. The van der Waals surface area contributed by atoms with Crippen molar-refractivity contribution in [3.63, 3.8) is 0 Å². The first kappa shape index (κ1) is 15.1. The second-order valence-electron chi connectivity index (χ2n) is 6.03. The number of hydrogen-bond donors (Lipinski definition) is 0. The van der Waals surface area contributed by atoms with Crippen LogP contribution in [-0.2, 0) is 14.1 Å². The number of fused-ring (bicyclic) bond motifs is 1. The Kier molecular flexibility index (Phi) is 3.36. The SMILES string of the molecule is Cc1nc2cc(-c3nc(C#N)ccc3-c3cnn(C)c3)ccc2n1C. The van der Waals surface area contributed by atoms with E-state index < -0.39 is 0 Å². The van der Waals surface area contributed by atoms with Crippen molar-refractivity contribution in [3.8, 4) is 28.5 Å². The van der Waals surface area contributed by atoms with Crippen LogP contribution in [0.25, 0.3) is 33.4 Å². The summed E-state index contributed by atoms with van der Waals surface area (Å²) in [6, 6.07) is 11.9. The second kappa shape index (κ2) is 5.56. The molecule has 0 saturated heterocycles. The Balaban J connectivity index is 1.96.